The van der Waals surface area contributed by atoms with Crippen LogP contribution in [0.15, 0.2) is 23.9 Å². The van der Waals surface area contributed by atoms with Gasteiger partial charge in [-0.05, 0) is 17.7 Å². The standard InChI is InChI=1S/C13H13F2NO4/c1-8(16(17)18)4-9-5-11(19-2)10(7-13(14)15)12(6-9)20-3/h4-7H,1-3H3. The van der Waals surface area contributed by atoms with Crippen LogP contribution < -0.4 is 9.47 Å². The van der Waals surface area contributed by atoms with Gasteiger partial charge in [0.1, 0.15) is 11.5 Å². The largest absolute Gasteiger partial charge is 0.496 e. The maximum atomic E-state index is 12.4. The highest BCUT2D eigenvalue weighted by Gasteiger charge is 2.13. The average molecular weight is 285 g/mol. The Morgan fingerprint density at radius 1 is 1.20 bits per heavy atom. The van der Waals surface area contributed by atoms with E-state index in [4.69, 9.17) is 9.47 Å². The highest BCUT2D eigenvalue weighted by Crippen LogP contribution is 2.33. The summed E-state index contributed by atoms with van der Waals surface area (Å²) in [5, 5.41) is 10.6. The van der Waals surface area contributed by atoms with Crippen LogP contribution in [-0.4, -0.2) is 19.1 Å². The normalized spacial score (nSPS) is 10.9. The molecule has 0 amide bonds. The lowest BCUT2D eigenvalue weighted by Gasteiger charge is -2.11. The van der Waals surface area contributed by atoms with Gasteiger partial charge in [-0.25, -0.2) is 0 Å². The first-order chi connectivity index (χ1) is 9.38. The molecule has 1 rings (SSSR count). The highest BCUT2D eigenvalue weighted by molar-refractivity contribution is 5.69. The lowest BCUT2D eigenvalue weighted by molar-refractivity contribution is -0.422. The number of allylic oxidation sites excluding steroid dienone is 1. The maximum absolute atomic E-state index is 12.4. The summed E-state index contributed by atoms with van der Waals surface area (Å²) in [6.07, 6.45) is 0.0157. The molecule has 1 aromatic rings. The topological polar surface area (TPSA) is 61.6 Å². The van der Waals surface area contributed by atoms with Gasteiger partial charge in [-0.15, -0.1) is 0 Å². The monoisotopic (exact) mass is 285 g/mol. The molecule has 0 saturated heterocycles. The quantitative estimate of drug-likeness (QED) is 0.612. The maximum Gasteiger partial charge on any atom is 0.271 e. The van der Waals surface area contributed by atoms with E-state index in [-0.39, 0.29) is 22.8 Å². The Balaban J connectivity index is 3.44. The molecule has 5 nitrogen and oxygen atoms in total. The molecule has 0 fully saturated rings. The predicted octanol–water partition coefficient (Wildman–Crippen LogP) is 3.58. The fraction of sp³-hybridized carbons (Fsp3) is 0.231. The number of rotatable bonds is 5. The zero-order valence-corrected chi connectivity index (χ0v) is 11.1. The molecule has 0 unspecified atom stereocenters. The number of nitrogens with zero attached hydrogens (tertiary/aromatic N) is 1. The molecule has 0 bridgehead atoms. The molecule has 0 atom stereocenters. The van der Waals surface area contributed by atoms with E-state index in [0.29, 0.717) is 11.6 Å². The van der Waals surface area contributed by atoms with Crippen LogP contribution in [-0.2, 0) is 0 Å². The fourth-order valence-electron chi connectivity index (χ4n) is 1.59. The number of halogens is 2. The number of hydrogen-bond donors (Lipinski definition) is 0. The lowest BCUT2D eigenvalue weighted by Crippen LogP contribution is -1.96. The van der Waals surface area contributed by atoms with Crippen molar-refractivity contribution >= 4 is 12.2 Å². The molecule has 0 saturated carbocycles. The Morgan fingerprint density at radius 3 is 2.05 bits per heavy atom. The van der Waals surface area contributed by atoms with Gasteiger partial charge in [0.05, 0.1) is 24.7 Å². The third kappa shape index (κ3) is 3.78. The number of benzene rings is 1. The van der Waals surface area contributed by atoms with Gasteiger partial charge >= 0.3 is 0 Å². The summed E-state index contributed by atoms with van der Waals surface area (Å²) in [6.45, 7) is 1.33. The zero-order chi connectivity index (χ0) is 15.3. The summed E-state index contributed by atoms with van der Waals surface area (Å²) in [7, 11) is 2.63. The van der Waals surface area contributed by atoms with Gasteiger partial charge in [-0.2, -0.15) is 8.78 Å². The second-order valence-electron chi connectivity index (χ2n) is 3.82. The van der Waals surface area contributed by atoms with Crippen LogP contribution in [0.4, 0.5) is 8.78 Å². The van der Waals surface area contributed by atoms with Gasteiger partial charge in [0, 0.05) is 19.1 Å². The molecule has 0 N–H and O–H groups in total. The van der Waals surface area contributed by atoms with E-state index < -0.39 is 11.0 Å². The summed E-state index contributed by atoms with van der Waals surface area (Å²) >= 11 is 0. The number of methoxy groups -OCH3 is 2. The summed E-state index contributed by atoms with van der Waals surface area (Å²) in [4.78, 5) is 10.0. The Labute approximate surface area is 114 Å². The van der Waals surface area contributed by atoms with Gasteiger partial charge in [0.2, 0.25) is 5.70 Å². The third-order valence-corrected chi connectivity index (χ3v) is 2.48. The molecule has 0 spiro atoms. The van der Waals surface area contributed by atoms with Gasteiger partial charge in [0.15, 0.2) is 0 Å². The first-order valence-corrected chi connectivity index (χ1v) is 5.50. The van der Waals surface area contributed by atoms with E-state index in [2.05, 4.69) is 0 Å². The smallest absolute Gasteiger partial charge is 0.271 e. The summed E-state index contributed by atoms with van der Waals surface area (Å²) in [5.74, 6) is 0.277. The molecule has 0 aliphatic heterocycles. The number of ether oxygens (including phenoxy) is 2. The van der Waals surface area contributed by atoms with Crippen LogP contribution in [0.2, 0.25) is 0 Å². The molecule has 0 radical (unpaired) electrons. The summed E-state index contributed by atoms with van der Waals surface area (Å²) < 4.78 is 34.9. The average Bonchev–Trinajstić information content (AvgIpc) is 2.39. The number of hydrogen-bond acceptors (Lipinski definition) is 4. The molecular weight excluding hydrogens is 272 g/mol. The van der Waals surface area contributed by atoms with E-state index in [9.17, 15) is 18.9 Å². The van der Waals surface area contributed by atoms with Crippen molar-refractivity contribution in [2.75, 3.05) is 14.2 Å². The van der Waals surface area contributed by atoms with Gasteiger partial charge in [-0.3, -0.25) is 10.1 Å². The van der Waals surface area contributed by atoms with Crippen molar-refractivity contribution in [1.29, 1.82) is 0 Å². The molecule has 0 aromatic heterocycles. The van der Waals surface area contributed by atoms with Crippen molar-refractivity contribution in [1.82, 2.24) is 0 Å². The van der Waals surface area contributed by atoms with Crippen LogP contribution in [0.5, 0.6) is 11.5 Å². The molecule has 0 aliphatic carbocycles. The predicted molar refractivity (Wildman–Crippen MR) is 70.4 cm³/mol. The Bertz CT molecular complexity index is 553. The molecule has 1 aromatic carbocycles. The van der Waals surface area contributed by atoms with Crippen LogP contribution in [0.3, 0.4) is 0 Å². The molecule has 7 heteroatoms. The first-order valence-electron chi connectivity index (χ1n) is 5.50. The van der Waals surface area contributed by atoms with E-state index in [0.717, 1.165) is 0 Å². The van der Waals surface area contributed by atoms with Gasteiger partial charge in [0.25, 0.3) is 6.08 Å². The van der Waals surface area contributed by atoms with Crippen molar-refractivity contribution < 1.29 is 23.2 Å². The molecule has 108 valence electrons. The SMILES string of the molecule is COc1cc(C=C(C)[N+](=O)[O-])cc(OC)c1C=C(F)F. The Hall–Kier alpha value is -2.44. The second kappa shape index (κ2) is 6.65. The summed E-state index contributed by atoms with van der Waals surface area (Å²) in [5.41, 5.74) is 0.407. The van der Waals surface area contributed by atoms with Crippen molar-refractivity contribution in [3.63, 3.8) is 0 Å². The minimum absolute atomic E-state index is 0.0749. The zero-order valence-electron chi connectivity index (χ0n) is 11.1. The lowest BCUT2D eigenvalue weighted by atomic mass is 10.1. The highest BCUT2D eigenvalue weighted by atomic mass is 19.3. The van der Waals surface area contributed by atoms with Crippen molar-refractivity contribution in [2.24, 2.45) is 0 Å². The van der Waals surface area contributed by atoms with Crippen molar-refractivity contribution in [3.05, 3.63) is 45.2 Å². The van der Waals surface area contributed by atoms with Gasteiger partial charge < -0.3 is 9.47 Å². The summed E-state index contributed by atoms with van der Waals surface area (Å²) in [6, 6.07) is 2.84. The van der Waals surface area contributed by atoms with Crippen molar-refractivity contribution in [2.45, 2.75) is 6.92 Å². The third-order valence-electron chi connectivity index (χ3n) is 2.48. The van der Waals surface area contributed by atoms with Crippen molar-refractivity contribution in [3.8, 4) is 11.5 Å². The molecule has 20 heavy (non-hydrogen) atoms. The molecular formula is C13H13F2NO4. The number of nitro groups is 1. The van der Waals surface area contributed by atoms with Crippen LogP contribution in [0.1, 0.15) is 18.1 Å². The minimum atomic E-state index is -1.90. The Kier molecular flexibility index (Phi) is 5.19. The minimum Gasteiger partial charge on any atom is -0.496 e. The van der Waals surface area contributed by atoms with E-state index in [1.54, 1.807) is 0 Å². The van der Waals surface area contributed by atoms with Crippen LogP contribution in [0.25, 0.3) is 12.2 Å². The van der Waals surface area contributed by atoms with E-state index >= 15 is 0 Å². The Morgan fingerprint density at radius 2 is 1.70 bits per heavy atom. The molecule has 0 heterocycles. The molecule has 0 aliphatic rings. The van der Waals surface area contributed by atoms with E-state index in [1.165, 1.54) is 39.4 Å². The first kappa shape index (κ1) is 15.6. The van der Waals surface area contributed by atoms with Crippen LogP contribution >= 0.6 is 0 Å². The second-order valence-corrected chi connectivity index (χ2v) is 3.82. The fourth-order valence-corrected chi connectivity index (χ4v) is 1.59. The van der Waals surface area contributed by atoms with Gasteiger partial charge in [-0.1, -0.05) is 0 Å². The van der Waals surface area contributed by atoms with Crippen LogP contribution in [0, 0.1) is 10.1 Å². The van der Waals surface area contributed by atoms with E-state index in [1.807, 2.05) is 0 Å².